The summed E-state index contributed by atoms with van der Waals surface area (Å²) in [4.78, 5) is 15.6. The largest absolute Gasteiger partial charge is 0.508 e. The highest BCUT2D eigenvalue weighted by atomic mass is 16.3. The van der Waals surface area contributed by atoms with E-state index < -0.39 is 0 Å². The number of Topliss-reactive ketones (excluding diaryl/α,β-unsaturated/α-hetero) is 1. The average Bonchev–Trinajstić information content (AvgIpc) is 3.40. The van der Waals surface area contributed by atoms with Gasteiger partial charge in [-0.25, -0.2) is 0 Å². The summed E-state index contributed by atoms with van der Waals surface area (Å²) in [5.41, 5.74) is 2.61. The number of carbonyl (C=O) groups excluding carboxylic acids is 1. The Morgan fingerprint density at radius 3 is 2.84 bits per heavy atom. The van der Waals surface area contributed by atoms with Gasteiger partial charge in [0.1, 0.15) is 11.5 Å². The summed E-state index contributed by atoms with van der Waals surface area (Å²) in [5, 5.41) is 10.1. The molecular formula is C22H29NO2. The van der Waals surface area contributed by atoms with Crippen LogP contribution < -0.4 is 0 Å². The van der Waals surface area contributed by atoms with Gasteiger partial charge < -0.3 is 5.11 Å². The number of phenolic OH excluding ortho intramolecular Hbond substituents is 1. The van der Waals surface area contributed by atoms with Gasteiger partial charge in [-0.15, -0.1) is 0 Å². The molecule has 0 spiro atoms. The van der Waals surface area contributed by atoms with E-state index in [9.17, 15) is 9.90 Å². The van der Waals surface area contributed by atoms with Crippen molar-refractivity contribution in [2.24, 2.45) is 23.7 Å². The van der Waals surface area contributed by atoms with Crippen molar-refractivity contribution in [3.05, 3.63) is 29.3 Å². The van der Waals surface area contributed by atoms with Crippen LogP contribution in [0.5, 0.6) is 5.75 Å². The van der Waals surface area contributed by atoms with Gasteiger partial charge in [-0.2, -0.15) is 0 Å². The standard InChI is InChI=1S/C22H29NO2/c1-13-14(2)21-19-9-16-5-6-17(24)10-18(16)22(21,11-20(13)25)7-8-23(19)12-15-3-4-15/h5-6,10,13-15,19,21,24H,3-4,7-9,11-12H2,1-2H3/t13-,14-,19?,21-,22?/m0/s1. The van der Waals surface area contributed by atoms with E-state index in [1.165, 1.54) is 30.5 Å². The molecule has 5 atom stereocenters. The fraction of sp³-hybridized carbons (Fsp3) is 0.682. The van der Waals surface area contributed by atoms with E-state index in [0.717, 1.165) is 25.3 Å². The number of hydrogen-bond acceptors (Lipinski definition) is 3. The fourth-order valence-electron chi connectivity index (χ4n) is 6.36. The van der Waals surface area contributed by atoms with Crippen LogP contribution in [0.4, 0.5) is 0 Å². The van der Waals surface area contributed by atoms with Crippen molar-refractivity contribution in [2.45, 2.75) is 57.4 Å². The number of piperidine rings is 1. The van der Waals surface area contributed by atoms with Gasteiger partial charge in [0, 0.05) is 30.3 Å². The second kappa shape index (κ2) is 5.33. The van der Waals surface area contributed by atoms with Crippen molar-refractivity contribution in [1.82, 2.24) is 4.90 Å². The van der Waals surface area contributed by atoms with Crippen LogP contribution in [0.25, 0.3) is 0 Å². The third kappa shape index (κ3) is 2.24. The van der Waals surface area contributed by atoms with Crippen LogP contribution in [0.2, 0.25) is 0 Å². The minimum atomic E-state index is -0.0416. The zero-order valence-corrected chi connectivity index (χ0v) is 15.4. The first kappa shape index (κ1) is 15.9. The van der Waals surface area contributed by atoms with Gasteiger partial charge in [0.15, 0.2) is 0 Å². The van der Waals surface area contributed by atoms with Crippen LogP contribution in [0, 0.1) is 23.7 Å². The van der Waals surface area contributed by atoms with Gasteiger partial charge in [0.25, 0.3) is 0 Å². The molecule has 2 unspecified atom stereocenters. The number of aromatic hydroxyl groups is 1. The third-order valence-electron chi connectivity index (χ3n) is 7.97. The Morgan fingerprint density at radius 1 is 1.28 bits per heavy atom. The number of nitrogens with zero attached hydrogens (tertiary/aromatic N) is 1. The number of benzene rings is 1. The molecule has 0 radical (unpaired) electrons. The van der Waals surface area contributed by atoms with Crippen molar-refractivity contribution in [3.8, 4) is 5.75 Å². The monoisotopic (exact) mass is 339 g/mol. The normalized spacial score (nSPS) is 40.5. The lowest BCUT2D eigenvalue weighted by molar-refractivity contribution is -0.138. The number of ketones is 1. The molecule has 5 rings (SSSR count). The van der Waals surface area contributed by atoms with Gasteiger partial charge in [0.2, 0.25) is 0 Å². The van der Waals surface area contributed by atoms with E-state index in [4.69, 9.17) is 0 Å². The van der Waals surface area contributed by atoms with Crippen LogP contribution in [-0.2, 0) is 16.6 Å². The Morgan fingerprint density at radius 2 is 2.08 bits per heavy atom. The molecule has 3 fully saturated rings. The first-order valence-corrected chi connectivity index (χ1v) is 10.1. The Labute approximate surface area is 150 Å². The zero-order valence-electron chi connectivity index (χ0n) is 15.4. The number of hydrogen-bond donors (Lipinski definition) is 1. The molecule has 1 saturated heterocycles. The minimum absolute atomic E-state index is 0.0416. The van der Waals surface area contributed by atoms with Crippen molar-refractivity contribution in [1.29, 1.82) is 0 Å². The van der Waals surface area contributed by atoms with Crippen molar-refractivity contribution in [3.63, 3.8) is 0 Å². The van der Waals surface area contributed by atoms with Crippen molar-refractivity contribution >= 4 is 5.78 Å². The molecule has 3 heteroatoms. The first-order valence-electron chi connectivity index (χ1n) is 10.1. The average molecular weight is 339 g/mol. The molecule has 0 aromatic heterocycles. The molecule has 1 aliphatic heterocycles. The molecule has 2 saturated carbocycles. The maximum absolute atomic E-state index is 12.8. The fourth-order valence-corrected chi connectivity index (χ4v) is 6.36. The molecule has 134 valence electrons. The summed E-state index contributed by atoms with van der Waals surface area (Å²) < 4.78 is 0. The van der Waals surface area contributed by atoms with Crippen LogP contribution in [-0.4, -0.2) is 34.9 Å². The number of fused-ring (bicyclic) bond motifs is 1. The van der Waals surface area contributed by atoms with Gasteiger partial charge >= 0.3 is 0 Å². The summed E-state index contributed by atoms with van der Waals surface area (Å²) in [6, 6.07) is 6.49. The second-order valence-electron chi connectivity index (χ2n) is 9.27. The molecule has 3 nitrogen and oxygen atoms in total. The Balaban J connectivity index is 1.64. The predicted octanol–water partition coefficient (Wildman–Crippen LogP) is 3.53. The lowest BCUT2D eigenvalue weighted by Gasteiger charge is -2.61. The highest BCUT2D eigenvalue weighted by molar-refractivity contribution is 5.84. The molecule has 3 aliphatic carbocycles. The van der Waals surface area contributed by atoms with Crippen LogP contribution in [0.1, 0.15) is 50.7 Å². The highest BCUT2D eigenvalue weighted by Gasteiger charge is 2.59. The number of carbonyl (C=O) groups is 1. The minimum Gasteiger partial charge on any atom is -0.508 e. The summed E-state index contributed by atoms with van der Waals surface area (Å²) >= 11 is 0. The van der Waals surface area contributed by atoms with Crippen molar-refractivity contribution in [2.75, 3.05) is 13.1 Å². The Kier molecular flexibility index (Phi) is 3.38. The van der Waals surface area contributed by atoms with E-state index in [1.54, 1.807) is 0 Å². The van der Waals surface area contributed by atoms with Crippen LogP contribution >= 0.6 is 0 Å². The zero-order chi connectivity index (χ0) is 17.3. The summed E-state index contributed by atoms with van der Waals surface area (Å²) in [5.74, 6) is 2.82. The lowest BCUT2D eigenvalue weighted by Crippen LogP contribution is -2.65. The molecule has 2 bridgehead atoms. The van der Waals surface area contributed by atoms with Gasteiger partial charge in [-0.05, 0) is 73.2 Å². The SMILES string of the molecule is C[C@H]1[C@H](C)C(=O)CC23CCN(CC4CC4)C(Cc4ccc(O)cc42)[C@H]13. The van der Waals surface area contributed by atoms with Gasteiger partial charge in [-0.3, -0.25) is 9.69 Å². The van der Waals surface area contributed by atoms with Crippen LogP contribution in [0.15, 0.2) is 18.2 Å². The Bertz CT molecular complexity index is 725. The molecule has 25 heavy (non-hydrogen) atoms. The molecule has 0 amide bonds. The second-order valence-corrected chi connectivity index (χ2v) is 9.27. The topological polar surface area (TPSA) is 40.5 Å². The predicted molar refractivity (Wildman–Crippen MR) is 97.6 cm³/mol. The molecular weight excluding hydrogens is 310 g/mol. The summed E-state index contributed by atoms with van der Waals surface area (Å²) in [6.07, 6.45) is 5.62. The smallest absolute Gasteiger partial charge is 0.136 e. The van der Waals surface area contributed by atoms with E-state index in [2.05, 4.69) is 24.8 Å². The van der Waals surface area contributed by atoms with Gasteiger partial charge in [-0.1, -0.05) is 19.9 Å². The number of phenols is 1. The Hall–Kier alpha value is -1.35. The van der Waals surface area contributed by atoms with E-state index in [0.29, 0.717) is 35.8 Å². The maximum atomic E-state index is 12.8. The molecule has 1 heterocycles. The lowest BCUT2D eigenvalue weighted by atomic mass is 9.47. The third-order valence-corrected chi connectivity index (χ3v) is 7.97. The summed E-state index contributed by atoms with van der Waals surface area (Å²) in [6.45, 7) is 6.81. The number of likely N-dealkylation sites (tertiary alicyclic amines) is 1. The van der Waals surface area contributed by atoms with E-state index in [-0.39, 0.29) is 11.3 Å². The highest BCUT2D eigenvalue weighted by Crippen LogP contribution is 2.58. The van der Waals surface area contributed by atoms with E-state index in [1.807, 2.05) is 12.1 Å². The van der Waals surface area contributed by atoms with E-state index >= 15 is 0 Å². The maximum Gasteiger partial charge on any atom is 0.136 e. The molecule has 4 aliphatic rings. The molecule has 1 aromatic carbocycles. The van der Waals surface area contributed by atoms with Gasteiger partial charge in [0.05, 0.1) is 0 Å². The molecule has 1 N–H and O–H groups in total. The first-order chi connectivity index (χ1) is 12.0. The summed E-state index contributed by atoms with van der Waals surface area (Å²) in [7, 11) is 0. The molecule has 1 aromatic rings. The quantitative estimate of drug-likeness (QED) is 0.896. The number of rotatable bonds is 2. The van der Waals surface area contributed by atoms with Crippen LogP contribution in [0.3, 0.4) is 0 Å². The van der Waals surface area contributed by atoms with Crippen molar-refractivity contribution < 1.29 is 9.90 Å².